The van der Waals surface area contributed by atoms with Crippen LogP contribution in [0.25, 0.3) is 0 Å². The lowest BCUT2D eigenvalue weighted by Crippen LogP contribution is -2.38. The van der Waals surface area contributed by atoms with Crippen molar-refractivity contribution in [3.05, 3.63) is 0 Å². The SMILES string of the molecule is CC(C)(C)OC(=O)NOC(CC(=O)O)C1CCCC1. The Hall–Kier alpha value is -1.30. The summed E-state index contributed by atoms with van der Waals surface area (Å²) in [5.41, 5.74) is 1.59. The van der Waals surface area contributed by atoms with E-state index in [2.05, 4.69) is 5.48 Å². The summed E-state index contributed by atoms with van der Waals surface area (Å²) in [6.07, 6.45) is 2.74. The highest BCUT2D eigenvalue weighted by molar-refractivity contribution is 5.68. The van der Waals surface area contributed by atoms with E-state index >= 15 is 0 Å². The van der Waals surface area contributed by atoms with Crippen LogP contribution in [0.1, 0.15) is 52.9 Å². The molecule has 19 heavy (non-hydrogen) atoms. The van der Waals surface area contributed by atoms with Crippen molar-refractivity contribution in [1.29, 1.82) is 0 Å². The summed E-state index contributed by atoms with van der Waals surface area (Å²) in [7, 11) is 0. The fraction of sp³-hybridized carbons (Fsp3) is 0.846. The second-order valence-corrected chi connectivity index (χ2v) is 5.90. The second-order valence-electron chi connectivity index (χ2n) is 5.90. The number of ether oxygens (including phenoxy) is 1. The summed E-state index contributed by atoms with van der Waals surface area (Å²) in [6.45, 7) is 5.24. The monoisotopic (exact) mass is 273 g/mol. The third-order valence-electron chi connectivity index (χ3n) is 2.99. The molecule has 0 radical (unpaired) electrons. The first-order valence-electron chi connectivity index (χ1n) is 6.64. The highest BCUT2D eigenvalue weighted by Gasteiger charge is 2.29. The van der Waals surface area contributed by atoms with E-state index in [-0.39, 0.29) is 12.3 Å². The Morgan fingerprint density at radius 3 is 2.37 bits per heavy atom. The zero-order valence-corrected chi connectivity index (χ0v) is 11.8. The molecular weight excluding hydrogens is 250 g/mol. The number of aliphatic carboxylic acids is 1. The molecule has 0 aromatic heterocycles. The molecule has 1 rings (SSSR count). The molecule has 1 aliphatic carbocycles. The van der Waals surface area contributed by atoms with Crippen LogP contribution in [-0.2, 0) is 14.4 Å². The number of carboxylic acids is 1. The van der Waals surface area contributed by atoms with Gasteiger partial charge in [-0.15, -0.1) is 0 Å². The van der Waals surface area contributed by atoms with E-state index in [1.165, 1.54) is 0 Å². The second kappa shape index (κ2) is 6.75. The number of carboxylic acid groups (broad SMARTS) is 1. The summed E-state index contributed by atoms with van der Waals surface area (Å²) in [4.78, 5) is 27.5. The minimum absolute atomic E-state index is 0.111. The van der Waals surface area contributed by atoms with Gasteiger partial charge in [-0.3, -0.25) is 9.63 Å². The molecular formula is C13H23NO5. The fourth-order valence-corrected chi connectivity index (χ4v) is 2.23. The van der Waals surface area contributed by atoms with Crippen LogP contribution in [0, 0.1) is 5.92 Å². The summed E-state index contributed by atoms with van der Waals surface area (Å²) in [6, 6.07) is 0. The van der Waals surface area contributed by atoms with Gasteiger partial charge in [0.25, 0.3) is 0 Å². The van der Waals surface area contributed by atoms with Gasteiger partial charge >= 0.3 is 12.1 Å². The number of hydrogen-bond acceptors (Lipinski definition) is 4. The third-order valence-corrected chi connectivity index (χ3v) is 2.99. The Balaban J connectivity index is 2.44. The van der Waals surface area contributed by atoms with Gasteiger partial charge in [-0.2, -0.15) is 5.48 Å². The molecule has 1 fully saturated rings. The zero-order chi connectivity index (χ0) is 14.5. The molecule has 1 aliphatic rings. The van der Waals surface area contributed by atoms with Crippen LogP contribution in [-0.4, -0.2) is 28.9 Å². The van der Waals surface area contributed by atoms with E-state index in [4.69, 9.17) is 14.7 Å². The van der Waals surface area contributed by atoms with E-state index < -0.39 is 23.8 Å². The summed E-state index contributed by atoms with van der Waals surface area (Å²) < 4.78 is 5.03. The molecule has 110 valence electrons. The minimum Gasteiger partial charge on any atom is -0.481 e. The number of amides is 1. The lowest BCUT2D eigenvalue weighted by atomic mass is 9.98. The molecule has 0 bridgehead atoms. The molecule has 0 aromatic rings. The van der Waals surface area contributed by atoms with Gasteiger partial charge in [-0.1, -0.05) is 12.8 Å². The Morgan fingerprint density at radius 2 is 1.89 bits per heavy atom. The predicted octanol–water partition coefficient (Wildman–Crippen LogP) is 2.48. The van der Waals surface area contributed by atoms with Crippen LogP contribution < -0.4 is 5.48 Å². The summed E-state index contributed by atoms with van der Waals surface area (Å²) in [5, 5.41) is 8.87. The minimum atomic E-state index is -0.928. The molecule has 0 aliphatic heterocycles. The number of hydrogen-bond donors (Lipinski definition) is 2. The van der Waals surface area contributed by atoms with Crippen LogP contribution in [0.15, 0.2) is 0 Å². The van der Waals surface area contributed by atoms with Gasteiger partial charge in [0.1, 0.15) is 5.60 Å². The average Bonchev–Trinajstić information content (AvgIpc) is 2.74. The molecule has 1 saturated carbocycles. The van der Waals surface area contributed by atoms with Crippen LogP contribution >= 0.6 is 0 Å². The van der Waals surface area contributed by atoms with Gasteiger partial charge in [0.2, 0.25) is 0 Å². The Labute approximate surface area is 113 Å². The van der Waals surface area contributed by atoms with E-state index in [0.29, 0.717) is 0 Å². The molecule has 0 saturated heterocycles. The Kier molecular flexibility index (Phi) is 5.60. The van der Waals surface area contributed by atoms with Crippen molar-refractivity contribution in [3.8, 4) is 0 Å². The normalized spacial score (nSPS) is 18.1. The van der Waals surface area contributed by atoms with E-state index in [1.807, 2.05) is 0 Å². The molecule has 6 nitrogen and oxygen atoms in total. The average molecular weight is 273 g/mol. The molecule has 2 N–H and O–H groups in total. The molecule has 0 aromatic carbocycles. The van der Waals surface area contributed by atoms with Gasteiger partial charge in [-0.05, 0) is 39.5 Å². The largest absolute Gasteiger partial charge is 0.481 e. The lowest BCUT2D eigenvalue weighted by Gasteiger charge is -2.24. The zero-order valence-electron chi connectivity index (χ0n) is 11.8. The van der Waals surface area contributed by atoms with Crippen LogP contribution in [0.3, 0.4) is 0 Å². The third kappa shape index (κ3) is 6.42. The number of nitrogens with one attached hydrogen (secondary N) is 1. The molecule has 1 amide bonds. The van der Waals surface area contributed by atoms with Crippen molar-refractivity contribution in [2.75, 3.05) is 0 Å². The molecule has 1 unspecified atom stereocenters. The van der Waals surface area contributed by atoms with Crippen molar-refractivity contribution in [2.45, 2.75) is 64.6 Å². The predicted molar refractivity (Wildman–Crippen MR) is 68.5 cm³/mol. The first kappa shape index (κ1) is 15.8. The maximum absolute atomic E-state index is 11.5. The fourth-order valence-electron chi connectivity index (χ4n) is 2.23. The highest BCUT2D eigenvalue weighted by Crippen LogP contribution is 2.30. The maximum atomic E-state index is 11.5. The summed E-state index contributed by atoms with van der Waals surface area (Å²) in [5.74, 6) is -0.742. The molecule has 0 spiro atoms. The van der Waals surface area contributed by atoms with Gasteiger partial charge in [0.15, 0.2) is 0 Å². The van der Waals surface area contributed by atoms with Gasteiger partial charge in [0.05, 0.1) is 12.5 Å². The molecule has 1 atom stereocenters. The number of carbonyl (C=O) groups is 2. The van der Waals surface area contributed by atoms with Gasteiger partial charge in [0, 0.05) is 0 Å². The van der Waals surface area contributed by atoms with Crippen LogP contribution in [0.4, 0.5) is 4.79 Å². The first-order valence-corrected chi connectivity index (χ1v) is 6.64. The van der Waals surface area contributed by atoms with E-state index in [1.54, 1.807) is 20.8 Å². The number of hydroxylamine groups is 1. The van der Waals surface area contributed by atoms with Gasteiger partial charge < -0.3 is 9.84 Å². The van der Waals surface area contributed by atoms with Crippen LogP contribution in [0.2, 0.25) is 0 Å². The first-order chi connectivity index (χ1) is 8.78. The van der Waals surface area contributed by atoms with Crippen molar-refractivity contribution < 1.29 is 24.3 Å². The highest BCUT2D eigenvalue weighted by atomic mass is 16.7. The van der Waals surface area contributed by atoms with Crippen molar-refractivity contribution in [3.63, 3.8) is 0 Å². The van der Waals surface area contributed by atoms with Crippen LogP contribution in [0.5, 0.6) is 0 Å². The van der Waals surface area contributed by atoms with Crippen molar-refractivity contribution in [2.24, 2.45) is 5.92 Å². The maximum Gasteiger partial charge on any atom is 0.431 e. The number of rotatable bonds is 5. The summed E-state index contributed by atoms with van der Waals surface area (Å²) >= 11 is 0. The molecule has 0 heterocycles. The molecule has 6 heteroatoms. The van der Waals surface area contributed by atoms with Crippen molar-refractivity contribution in [1.82, 2.24) is 5.48 Å². The Bertz CT molecular complexity index is 317. The van der Waals surface area contributed by atoms with E-state index in [0.717, 1.165) is 25.7 Å². The lowest BCUT2D eigenvalue weighted by molar-refractivity contribution is -0.144. The van der Waals surface area contributed by atoms with Crippen molar-refractivity contribution >= 4 is 12.1 Å². The Morgan fingerprint density at radius 1 is 1.32 bits per heavy atom. The van der Waals surface area contributed by atoms with Gasteiger partial charge in [-0.25, -0.2) is 4.79 Å². The smallest absolute Gasteiger partial charge is 0.431 e. The number of carbonyl (C=O) groups excluding carboxylic acids is 1. The topological polar surface area (TPSA) is 84.9 Å². The quantitative estimate of drug-likeness (QED) is 0.752. The standard InChI is InChI=1S/C13H23NO5/c1-13(2,3)18-12(17)14-19-10(8-11(15)16)9-6-4-5-7-9/h9-10H,4-8H2,1-3H3,(H,14,17)(H,15,16). The van der Waals surface area contributed by atoms with E-state index in [9.17, 15) is 9.59 Å².